The fourth-order valence-corrected chi connectivity index (χ4v) is 2.85. The van der Waals surface area contributed by atoms with Gasteiger partial charge in [-0.2, -0.15) is 0 Å². The number of hydrogen-bond acceptors (Lipinski definition) is 5. The summed E-state index contributed by atoms with van der Waals surface area (Å²) in [4.78, 5) is 16.3. The van der Waals surface area contributed by atoms with Crippen molar-refractivity contribution in [1.82, 2.24) is 0 Å². The molecule has 0 saturated carbocycles. The Morgan fingerprint density at radius 3 is 2.50 bits per heavy atom. The number of halogens is 1. The van der Waals surface area contributed by atoms with E-state index in [1.165, 1.54) is 12.1 Å². The molecule has 2 aromatic rings. The third kappa shape index (κ3) is 3.51. The molecule has 0 unspecified atom stereocenters. The minimum atomic E-state index is -0.408. The van der Waals surface area contributed by atoms with E-state index in [9.17, 15) is 10.1 Å². The molecule has 2 aromatic carbocycles. The third-order valence-corrected chi connectivity index (χ3v) is 4.10. The predicted octanol–water partition coefficient (Wildman–Crippen LogP) is 4.49. The molecule has 0 bridgehead atoms. The number of hydroxylamine groups is 1. The number of non-ortho nitro benzene ring substituents is 1. The van der Waals surface area contributed by atoms with Crippen LogP contribution in [0.15, 0.2) is 48.5 Å². The van der Waals surface area contributed by atoms with Gasteiger partial charge in [0.05, 0.1) is 16.7 Å². The van der Waals surface area contributed by atoms with E-state index in [0.29, 0.717) is 18.1 Å². The van der Waals surface area contributed by atoms with Gasteiger partial charge in [-0.05, 0) is 36.8 Å². The molecule has 2 atom stereocenters. The number of benzene rings is 2. The van der Waals surface area contributed by atoms with Crippen LogP contribution in [0.3, 0.4) is 0 Å². The largest absolute Gasteiger partial charge is 0.350 e. The average Bonchev–Trinajstić information content (AvgIpc) is 3.00. The molecule has 0 aromatic heterocycles. The van der Waals surface area contributed by atoms with Crippen LogP contribution in [0.1, 0.15) is 24.9 Å². The monoisotopic (exact) mass is 348 g/mol. The zero-order valence-electron chi connectivity index (χ0n) is 13.1. The SMILES string of the molecule is CCO[C@H]1C[C@H](c2ccc([N+](=O)[O-])cc2)N(c2ccc(Cl)cc2)O1. The smallest absolute Gasteiger partial charge is 0.269 e. The average molecular weight is 349 g/mol. The lowest BCUT2D eigenvalue weighted by molar-refractivity contribution is -0.384. The van der Waals surface area contributed by atoms with E-state index in [-0.39, 0.29) is 18.0 Å². The molecular formula is C17H17ClN2O4. The summed E-state index contributed by atoms with van der Waals surface area (Å²) in [5, 5.41) is 13.2. The van der Waals surface area contributed by atoms with Gasteiger partial charge >= 0.3 is 0 Å². The number of rotatable bonds is 5. The molecule has 6 nitrogen and oxygen atoms in total. The van der Waals surface area contributed by atoms with Crippen LogP contribution in [0.5, 0.6) is 0 Å². The quantitative estimate of drug-likeness (QED) is 0.588. The zero-order chi connectivity index (χ0) is 17.1. The van der Waals surface area contributed by atoms with E-state index in [4.69, 9.17) is 21.2 Å². The number of nitro benzene ring substituents is 1. The molecule has 7 heteroatoms. The summed E-state index contributed by atoms with van der Waals surface area (Å²) >= 11 is 5.95. The summed E-state index contributed by atoms with van der Waals surface area (Å²) in [6, 6.07) is 13.7. The highest BCUT2D eigenvalue weighted by atomic mass is 35.5. The molecule has 0 N–H and O–H groups in total. The van der Waals surface area contributed by atoms with Gasteiger partial charge in [-0.1, -0.05) is 23.7 Å². The minimum absolute atomic E-state index is 0.0667. The summed E-state index contributed by atoms with van der Waals surface area (Å²) < 4.78 is 5.59. The molecule has 126 valence electrons. The Labute approximate surface area is 144 Å². The van der Waals surface area contributed by atoms with Crippen LogP contribution in [0.2, 0.25) is 5.02 Å². The Balaban J connectivity index is 1.89. The molecule has 1 aliphatic heterocycles. The van der Waals surface area contributed by atoms with Gasteiger partial charge in [-0.25, -0.2) is 9.90 Å². The Hall–Kier alpha value is -2.15. The van der Waals surface area contributed by atoms with Gasteiger partial charge in [-0.15, -0.1) is 0 Å². The molecule has 3 rings (SSSR count). The molecule has 1 heterocycles. The fraction of sp³-hybridized carbons (Fsp3) is 0.294. The summed E-state index contributed by atoms with van der Waals surface area (Å²) in [5.41, 5.74) is 1.85. The summed E-state index contributed by atoms with van der Waals surface area (Å²) in [5.74, 6) is 0. The maximum Gasteiger partial charge on any atom is 0.269 e. The molecule has 0 radical (unpaired) electrons. The van der Waals surface area contributed by atoms with Crippen LogP contribution < -0.4 is 5.06 Å². The number of hydrogen-bond donors (Lipinski definition) is 0. The molecule has 24 heavy (non-hydrogen) atoms. The van der Waals surface area contributed by atoms with Crippen molar-refractivity contribution in [3.63, 3.8) is 0 Å². The first-order valence-electron chi connectivity index (χ1n) is 7.66. The molecule has 0 aliphatic carbocycles. The van der Waals surface area contributed by atoms with Crippen LogP contribution in [0, 0.1) is 10.1 Å². The maximum atomic E-state index is 10.8. The zero-order valence-corrected chi connectivity index (χ0v) is 13.8. The molecule has 0 amide bonds. The van der Waals surface area contributed by atoms with Crippen molar-refractivity contribution in [3.05, 3.63) is 69.2 Å². The van der Waals surface area contributed by atoms with Crippen molar-refractivity contribution >= 4 is 23.0 Å². The van der Waals surface area contributed by atoms with E-state index in [1.807, 2.05) is 19.1 Å². The second-order valence-corrected chi connectivity index (χ2v) is 5.83. The van der Waals surface area contributed by atoms with Crippen LogP contribution in [-0.2, 0) is 9.57 Å². The highest BCUT2D eigenvalue weighted by molar-refractivity contribution is 6.30. The summed E-state index contributed by atoms with van der Waals surface area (Å²) in [7, 11) is 0. The van der Waals surface area contributed by atoms with E-state index < -0.39 is 4.92 Å². The Morgan fingerprint density at radius 1 is 1.25 bits per heavy atom. The normalized spacial score (nSPS) is 20.3. The minimum Gasteiger partial charge on any atom is -0.350 e. The van der Waals surface area contributed by atoms with Gasteiger partial charge in [-0.3, -0.25) is 10.1 Å². The van der Waals surface area contributed by atoms with Crippen molar-refractivity contribution in [3.8, 4) is 0 Å². The number of nitrogens with zero attached hydrogens (tertiary/aromatic N) is 2. The number of anilines is 1. The Bertz CT molecular complexity index is 706. The van der Waals surface area contributed by atoms with Gasteiger partial charge in [0.2, 0.25) is 0 Å². The van der Waals surface area contributed by atoms with Crippen LogP contribution in [-0.4, -0.2) is 17.8 Å². The molecule has 1 saturated heterocycles. The number of nitro groups is 1. The van der Waals surface area contributed by atoms with Crippen molar-refractivity contribution < 1.29 is 14.5 Å². The fourth-order valence-electron chi connectivity index (χ4n) is 2.72. The van der Waals surface area contributed by atoms with Gasteiger partial charge < -0.3 is 4.74 Å². The first-order valence-corrected chi connectivity index (χ1v) is 8.04. The van der Waals surface area contributed by atoms with Crippen molar-refractivity contribution in [2.75, 3.05) is 11.7 Å². The molecular weight excluding hydrogens is 332 g/mol. The van der Waals surface area contributed by atoms with Crippen molar-refractivity contribution in [2.45, 2.75) is 25.7 Å². The maximum absolute atomic E-state index is 10.8. The van der Waals surface area contributed by atoms with Gasteiger partial charge in [0, 0.05) is 30.2 Å². The van der Waals surface area contributed by atoms with Crippen LogP contribution in [0.4, 0.5) is 11.4 Å². The first-order chi connectivity index (χ1) is 11.6. The highest BCUT2D eigenvalue weighted by Crippen LogP contribution is 2.39. The second kappa shape index (κ2) is 7.17. The van der Waals surface area contributed by atoms with E-state index in [1.54, 1.807) is 29.3 Å². The lowest BCUT2D eigenvalue weighted by Crippen LogP contribution is -2.22. The standard InChI is InChI=1S/C17H17ClN2O4/c1-2-23-17-11-16(12-3-7-15(8-4-12)20(21)22)19(24-17)14-9-5-13(18)6-10-14/h3-10,16-17H,2,11H2,1H3/t16-,17-/m1/s1. The number of ether oxygens (including phenoxy) is 1. The van der Waals surface area contributed by atoms with E-state index in [2.05, 4.69) is 0 Å². The second-order valence-electron chi connectivity index (χ2n) is 5.39. The Morgan fingerprint density at radius 2 is 1.92 bits per heavy atom. The summed E-state index contributed by atoms with van der Waals surface area (Å²) in [6.07, 6.45) is 0.278. The van der Waals surface area contributed by atoms with Crippen molar-refractivity contribution in [1.29, 1.82) is 0 Å². The van der Waals surface area contributed by atoms with Gasteiger partial charge in [0.25, 0.3) is 5.69 Å². The summed E-state index contributed by atoms with van der Waals surface area (Å²) in [6.45, 7) is 2.46. The van der Waals surface area contributed by atoms with E-state index in [0.717, 1.165) is 11.3 Å². The predicted molar refractivity (Wildman–Crippen MR) is 90.9 cm³/mol. The van der Waals surface area contributed by atoms with Crippen molar-refractivity contribution in [2.24, 2.45) is 0 Å². The third-order valence-electron chi connectivity index (χ3n) is 3.85. The highest BCUT2D eigenvalue weighted by Gasteiger charge is 2.35. The van der Waals surface area contributed by atoms with Gasteiger partial charge in [0.15, 0.2) is 6.29 Å². The van der Waals surface area contributed by atoms with Gasteiger partial charge in [0.1, 0.15) is 0 Å². The first kappa shape index (κ1) is 16.7. The lowest BCUT2D eigenvalue weighted by Gasteiger charge is -2.24. The molecule has 1 fully saturated rings. The van der Waals surface area contributed by atoms with Crippen LogP contribution in [0.25, 0.3) is 0 Å². The molecule has 0 spiro atoms. The van der Waals surface area contributed by atoms with Crippen LogP contribution >= 0.6 is 11.6 Å². The lowest BCUT2D eigenvalue weighted by atomic mass is 10.0. The topological polar surface area (TPSA) is 64.8 Å². The molecule has 1 aliphatic rings. The Kier molecular flexibility index (Phi) is 4.99. The van der Waals surface area contributed by atoms with E-state index >= 15 is 0 Å².